The van der Waals surface area contributed by atoms with Crippen molar-refractivity contribution in [1.29, 1.82) is 0 Å². The summed E-state index contributed by atoms with van der Waals surface area (Å²) in [6.07, 6.45) is 0. The molecule has 0 unspecified atom stereocenters. The first-order valence-electron chi connectivity index (χ1n) is 6.88. The lowest BCUT2D eigenvalue weighted by molar-refractivity contribution is -0.138. The molecule has 1 aliphatic heterocycles. The van der Waals surface area contributed by atoms with Crippen molar-refractivity contribution in [2.45, 2.75) is 6.92 Å². The molecule has 2 N–H and O–H groups in total. The van der Waals surface area contributed by atoms with E-state index < -0.39 is 18.0 Å². The highest BCUT2D eigenvalue weighted by molar-refractivity contribution is 9.10. The number of amides is 2. The Labute approximate surface area is 141 Å². The number of carbonyl (C=O) groups is 3. The zero-order chi connectivity index (χ0) is 16.8. The zero-order valence-electron chi connectivity index (χ0n) is 12.3. The molecule has 122 valence electrons. The van der Waals surface area contributed by atoms with Crippen LogP contribution in [0.2, 0.25) is 0 Å². The number of ether oxygens (including phenoxy) is 2. The molecule has 0 fully saturated rings. The molecule has 2 rings (SSSR count). The molecule has 0 radical (unpaired) electrons. The summed E-state index contributed by atoms with van der Waals surface area (Å²) in [5, 5.41) is 4.94. The number of hydrogen-bond donors (Lipinski definition) is 2. The molecule has 0 saturated heterocycles. The van der Waals surface area contributed by atoms with E-state index in [2.05, 4.69) is 26.6 Å². The first kappa shape index (κ1) is 17.0. The number of nitrogens with one attached hydrogen (secondary N) is 2. The molecule has 2 amide bonds. The summed E-state index contributed by atoms with van der Waals surface area (Å²) in [7, 11) is 0. The van der Waals surface area contributed by atoms with Gasteiger partial charge in [0.15, 0.2) is 0 Å². The third-order valence-corrected chi connectivity index (χ3v) is 3.71. The highest BCUT2D eigenvalue weighted by Crippen LogP contribution is 2.17. The molecule has 0 spiro atoms. The third-order valence-electron chi connectivity index (χ3n) is 3.02. The fourth-order valence-electron chi connectivity index (χ4n) is 1.91. The largest absolute Gasteiger partial charge is 0.463 e. The van der Waals surface area contributed by atoms with Crippen LogP contribution in [0.5, 0.6) is 0 Å². The van der Waals surface area contributed by atoms with Crippen LogP contribution in [0.4, 0.5) is 4.79 Å². The van der Waals surface area contributed by atoms with Crippen LogP contribution in [-0.2, 0) is 14.3 Å². The van der Waals surface area contributed by atoms with Crippen LogP contribution in [0.25, 0.3) is 0 Å². The van der Waals surface area contributed by atoms with Gasteiger partial charge in [-0.1, -0.05) is 12.1 Å². The van der Waals surface area contributed by atoms with Gasteiger partial charge in [0.1, 0.15) is 6.61 Å². The lowest BCUT2D eigenvalue weighted by Crippen LogP contribution is -2.45. The summed E-state index contributed by atoms with van der Waals surface area (Å²) in [5.41, 5.74) is 0.796. The maximum atomic E-state index is 12.1. The first-order valence-corrected chi connectivity index (χ1v) is 7.68. The van der Waals surface area contributed by atoms with Crippen molar-refractivity contribution in [3.63, 3.8) is 0 Å². The molecule has 0 bridgehead atoms. The van der Waals surface area contributed by atoms with Crippen LogP contribution in [0, 0.1) is 0 Å². The minimum Gasteiger partial charge on any atom is -0.463 e. The van der Waals surface area contributed by atoms with Crippen molar-refractivity contribution >= 4 is 33.9 Å². The van der Waals surface area contributed by atoms with Crippen molar-refractivity contribution in [2.75, 3.05) is 19.8 Å². The number of esters is 2. The van der Waals surface area contributed by atoms with E-state index >= 15 is 0 Å². The number of hydrogen-bond acceptors (Lipinski definition) is 5. The van der Waals surface area contributed by atoms with Gasteiger partial charge in [-0.2, -0.15) is 0 Å². The summed E-state index contributed by atoms with van der Waals surface area (Å²) < 4.78 is 10.7. The Bertz CT molecular complexity index is 672. The number of benzene rings is 1. The van der Waals surface area contributed by atoms with Gasteiger partial charge in [-0.15, -0.1) is 0 Å². The molecule has 23 heavy (non-hydrogen) atoms. The highest BCUT2D eigenvalue weighted by atomic mass is 79.9. The molecule has 0 aliphatic carbocycles. The molecule has 1 aromatic carbocycles. The van der Waals surface area contributed by atoms with Gasteiger partial charge in [0, 0.05) is 4.47 Å². The lowest BCUT2D eigenvalue weighted by atomic mass is 10.1. The number of rotatable bonds is 5. The van der Waals surface area contributed by atoms with E-state index in [1.807, 2.05) is 0 Å². The second-order valence-corrected chi connectivity index (χ2v) is 5.40. The summed E-state index contributed by atoms with van der Waals surface area (Å²) in [5.74, 6) is -1.13. The number of halogens is 1. The van der Waals surface area contributed by atoms with Crippen LogP contribution in [0.3, 0.4) is 0 Å². The van der Waals surface area contributed by atoms with Crippen LogP contribution >= 0.6 is 15.9 Å². The summed E-state index contributed by atoms with van der Waals surface area (Å²) in [6, 6.07) is 6.33. The summed E-state index contributed by atoms with van der Waals surface area (Å²) >= 11 is 3.26. The smallest absolute Gasteiger partial charge is 0.339 e. The number of urea groups is 1. The Morgan fingerprint density at radius 1 is 1.22 bits per heavy atom. The van der Waals surface area contributed by atoms with E-state index in [1.54, 1.807) is 31.2 Å². The van der Waals surface area contributed by atoms with Crippen LogP contribution < -0.4 is 10.6 Å². The van der Waals surface area contributed by atoms with E-state index in [0.29, 0.717) is 10.0 Å². The van der Waals surface area contributed by atoms with Crippen molar-refractivity contribution in [2.24, 2.45) is 0 Å². The predicted octanol–water partition coefficient (Wildman–Crippen LogP) is 1.74. The molecule has 0 atom stereocenters. The van der Waals surface area contributed by atoms with Crippen LogP contribution in [0.15, 0.2) is 40.0 Å². The van der Waals surface area contributed by atoms with Gasteiger partial charge in [0.05, 0.1) is 30.0 Å². The van der Waals surface area contributed by atoms with Crippen molar-refractivity contribution < 1.29 is 23.9 Å². The Morgan fingerprint density at radius 2 is 1.96 bits per heavy atom. The average molecular weight is 383 g/mol. The molecule has 7 nitrogen and oxygen atoms in total. The van der Waals surface area contributed by atoms with Gasteiger partial charge in [-0.3, -0.25) is 0 Å². The zero-order valence-corrected chi connectivity index (χ0v) is 13.9. The molecule has 1 aliphatic rings. The Morgan fingerprint density at radius 3 is 2.65 bits per heavy atom. The SMILES string of the molecule is CCOC(=O)C1=C(COC(=O)c2ccccc2Br)NC(=O)NC1. The molecule has 1 aromatic rings. The maximum absolute atomic E-state index is 12.1. The summed E-state index contributed by atoms with van der Waals surface area (Å²) in [4.78, 5) is 35.3. The minimum absolute atomic E-state index is 0.0204. The van der Waals surface area contributed by atoms with Crippen LogP contribution in [0.1, 0.15) is 17.3 Å². The highest BCUT2D eigenvalue weighted by Gasteiger charge is 2.24. The quantitative estimate of drug-likeness (QED) is 0.756. The molecular weight excluding hydrogens is 368 g/mol. The average Bonchev–Trinajstić information content (AvgIpc) is 2.53. The van der Waals surface area contributed by atoms with E-state index in [9.17, 15) is 14.4 Å². The molecule has 0 aromatic heterocycles. The fraction of sp³-hybridized carbons (Fsp3) is 0.267. The van der Waals surface area contributed by atoms with E-state index in [1.165, 1.54) is 0 Å². The molecular formula is C15H15BrN2O5. The standard InChI is InChI=1S/C15H15BrN2O5/c1-2-22-14(20)10-7-17-15(21)18-12(10)8-23-13(19)9-5-3-4-6-11(9)16/h3-6H,2,7-8H2,1H3,(H2,17,18,21). The van der Waals surface area contributed by atoms with Gasteiger partial charge in [0.2, 0.25) is 0 Å². The van der Waals surface area contributed by atoms with Crippen molar-refractivity contribution in [1.82, 2.24) is 10.6 Å². The van der Waals surface area contributed by atoms with Crippen molar-refractivity contribution in [3.8, 4) is 0 Å². The maximum Gasteiger partial charge on any atom is 0.339 e. The lowest BCUT2D eigenvalue weighted by Gasteiger charge is -2.21. The summed E-state index contributed by atoms with van der Waals surface area (Å²) in [6.45, 7) is 1.68. The van der Waals surface area contributed by atoms with E-state index in [4.69, 9.17) is 9.47 Å². The van der Waals surface area contributed by atoms with Gasteiger partial charge in [0.25, 0.3) is 0 Å². The second kappa shape index (κ2) is 7.77. The topological polar surface area (TPSA) is 93.7 Å². The first-order chi connectivity index (χ1) is 11.0. The number of carbonyl (C=O) groups excluding carboxylic acids is 3. The predicted molar refractivity (Wildman–Crippen MR) is 84.6 cm³/mol. The third kappa shape index (κ3) is 4.32. The minimum atomic E-state index is -0.569. The van der Waals surface area contributed by atoms with Gasteiger partial charge in [-0.25, -0.2) is 14.4 Å². The Balaban J connectivity index is 2.12. The van der Waals surface area contributed by atoms with Gasteiger partial charge in [-0.05, 0) is 35.0 Å². The Kier molecular flexibility index (Phi) is 5.75. The van der Waals surface area contributed by atoms with Crippen molar-refractivity contribution in [3.05, 3.63) is 45.6 Å². The Hall–Kier alpha value is -2.35. The second-order valence-electron chi connectivity index (χ2n) is 4.54. The van der Waals surface area contributed by atoms with Gasteiger partial charge < -0.3 is 20.1 Å². The van der Waals surface area contributed by atoms with E-state index in [-0.39, 0.29) is 31.0 Å². The molecule has 0 saturated carbocycles. The molecule has 1 heterocycles. The molecule has 8 heteroatoms. The van der Waals surface area contributed by atoms with Gasteiger partial charge >= 0.3 is 18.0 Å². The monoisotopic (exact) mass is 382 g/mol. The normalized spacial score (nSPS) is 13.9. The van der Waals surface area contributed by atoms with E-state index in [0.717, 1.165) is 0 Å². The van der Waals surface area contributed by atoms with Crippen LogP contribution in [-0.4, -0.2) is 37.7 Å². The fourth-order valence-corrected chi connectivity index (χ4v) is 2.36.